The molecule has 5 aromatic rings. The van der Waals surface area contributed by atoms with Gasteiger partial charge in [0, 0.05) is 16.0 Å². The molecule has 0 radical (unpaired) electrons. The van der Waals surface area contributed by atoms with Gasteiger partial charge in [-0.1, -0.05) is 47.1 Å². The summed E-state index contributed by atoms with van der Waals surface area (Å²) < 4.78 is 7.70. The van der Waals surface area contributed by atoms with Crippen LogP contribution in [0.25, 0.3) is 38.8 Å². The van der Waals surface area contributed by atoms with E-state index in [1.807, 2.05) is 65.2 Å². The van der Waals surface area contributed by atoms with E-state index in [2.05, 4.69) is 10.3 Å². The zero-order chi connectivity index (χ0) is 15.4. The van der Waals surface area contributed by atoms with Crippen molar-refractivity contribution >= 4 is 39.2 Å². The third-order valence-electron chi connectivity index (χ3n) is 4.01. The Morgan fingerprint density at radius 3 is 2.61 bits per heavy atom. The summed E-state index contributed by atoms with van der Waals surface area (Å²) in [6.45, 7) is 0. The molecule has 0 unspecified atom stereocenters. The van der Waals surface area contributed by atoms with Gasteiger partial charge in [-0.2, -0.15) is 0 Å². The lowest BCUT2D eigenvalue weighted by Crippen LogP contribution is -1.88. The quantitative estimate of drug-likeness (QED) is 0.439. The lowest BCUT2D eigenvalue weighted by Gasteiger charge is -1.98. The molecule has 5 rings (SSSR count). The van der Waals surface area contributed by atoms with Crippen molar-refractivity contribution in [3.8, 4) is 11.3 Å². The molecule has 3 heterocycles. The molecule has 0 atom stereocenters. The number of furan rings is 1. The lowest BCUT2D eigenvalue weighted by atomic mass is 10.1. The zero-order valence-electron chi connectivity index (χ0n) is 11.9. The number of hydrogen-bond donors (Lipinski definition) is 0. The van der Waals surface area contributed by atoms with Gasteiger partial charge in [0.2, 0.25) is 0 Å². The molecular weight excluding hydrogens is 310 g/mol. The average Bonchev–Trinajstić information content (AvgIpc) is 3.16. The normalized spacial score (nSPS) is 11.7. The van der Waals surface area contributed by atoms with Crippen molar-refractivity contribution in [2.24, 2.45) is 0 Å². The maximum absolute atomic E-state index is 6.14. The second-order valence-corrected chi connectivity index (χ2v) is 5.83. The molecule has 5 heteroatoms. The summed E-state index contributed by atoms with van der Waals surface area (Å²) in [6, 6.07) is 19.5. The van der Waals surface area contributed by atoms with E-state index >= 15 is 0 Å². The SMILES string of the molecule is Clc1ccc2oc3ccc4c(-c5ccccc5)nnn4c3c2c1. The van der Waals surface area contributed by atoms with Gasteiger partial charge < -0.3 is 4.42 Å². The second-order valence-electron chi connectivity index (χ2n) is 5.39. The van der Waals surface area contributed by atoms with Gasteiger partial charge >= 0.3 is 0 Å². The number of nitrogens with zero attached hydrogens (tertiary/aromatic N) is 3. The van der Waals surface area contributed by atoms with Crippen molar-refractivity contribution in [2.45, 2.75) is 0 Å². The third kappa shape index (κ3) is 1.79. The van der Waals surface area contributed by atoms with E-state index in [0.29, 0.717) is 5.02 Å². The van der Waals surface area contributed by atoms with Crippen LogP contribution < -0.4 is 0 Å². The van der Waals surface area contributed by atoms with E-state index in [-0.39, 0.29) is 0 Å². The van der Waals surface area contributed by atoms with E-state index in [4.69, 9.17) is 16.0 Å². The van der Waals surface area contributed by atoms with Gasteiger partial charge in [0.05, 0.1) is 5.52 Å². The molecule has 0 spiro atoms. The Balaban J connectivity index is 1.92. The van der Waals surface area contributed by atoms with Crippen molar-refractivity contribution in [2.75, 3.05) is 0 Å². The van der Waals surface area contributed by atoms with E-state index < -0.39 is 0 Å². The summed E-state index contributed by atoms with van der Waals surface area (Å²) in [5, 5.41) is 10.3. The fourth-order valence-electron chi connectivity index (χ4n) is 2.97. The molecule has 0 amide bonds. The molecule has 0 aliphatic carbocycles. The monoisotopic (exact) mass is 319 g/mol. The minimum absolute atomic E-state index is 0.667. The highest BCUT2D eigenvalue weighted by Gasteiger charge is 2.15. The summed E-state index contributed by atoms with van der Waals surface area (Å²) in [5.74, 6) is 0. The molecule has 0 saturated carbocycles. The minimum Gasteiger partial charge on any atom is -0.454 e. The van der Waals surface area contributed by atoms with Crippen molar-refractivity contribution in [3.63, 3.8) is 0 Å². The smallest absolute Gasteiger partial charge is 0.154 e. The topological polar surface area (TPSA) is 43.3 Å². The van der Waals surface area contributed by atoms with Crippen LogP contribution in [-0.2, 0) is 0 Å². The second kappa shape index (κ2) is 4.57. The first kappa shape index (κ1) is 12.7. The molecule has 3 aromatic heterocycles. The van der Waals surface area contributed by atoms with Gasteiger partial charge in [0.15, 0.2) is 5.58 Å². The van der Waals surface area contributed by atoms with Crippen molar-refractivity contribution in [1.29, 1.82) is 0 Å². The van der Waals surface area contributed by atoms with Crippen LogP contribution in [0.1, 0.15) is 0 Å². The molecule has 0 N–H and O–H groups in total. The maximum atomic E-state index is 6.14. The number of aromatic nitrogens is 3. The molecule has 0 fully saturated rings. The van der Waals surface area contributed by atoms with Crippen LogP contribution in [0.15, 0.2) is 65.1 Å². The first-order valence-corrected chi connectivity index (χ1v) is 7.61. The largest absolute Gasteiger partial charge is 0.454 e. The van der Waals surface area contributed by atoms with E-state index in [1.165, 1.54) is 0 Å². The summed E-state index contributed by atoms with van der Waals surface area (Å²) >= 11 is 6.14. The number of hydrogen-bond acceptors (Lipinski definition) is 3. The maximum Gasteiger partial charge on any atom is 0.154 e. The zero-order valence-corrected chi connectivity index (χ0v) is 12.7. The van der Waals surface area contributed by atoms with Crippen LogP contribution in [0, 0.1) is 0 Å². The lowest BCUT2D eigenvalue weighted by molar-refractivity contribution is 0.667. The van der Waals surface area contributed by atoms with Gasteiger partial charge in [-0.15, -0.1) is 5.10 Å². The average molecular weight is 320 g/mol. The van der Waals surface area contributed by atoms with Crippen LogP contribution in [0.5, 0.6) is 0 Å². The fraction of sp³-hybridized carbons (Fsp3) is 0. The van der Waals surface area contributed by atoms with Gasteiger partial charge in [-0.25, -0.2) is 4.52 Å². The Hall–Kier alpha value is -2.85. The minimum atomic E-state index is 0.667. The number of fused-ring (bicyclic) bond motifs is 5. The van der Waals surface area contributed by atoms with Crippen molar-refractivity contribution in [1.82, 2.24) is 14.8 Å². The summed E-state index contributed by atoms with van der Waals surface area (Å²) in [5.41, 5.74) is 5.26. The van der Waals surface area contributed by atoms with E-state index in [9.17, 15) is 0 Å². The Bertz CT molecular complexity index is 1170. The highest BCUT2D eigenvalue weighted by atomic mass is 35.5. The first-order chi connectivity index (χ1) is 11.3. The number of rotatable bonds is 1. The number of halogens is 1. The van der Waals surface area contributed by atoms with Gasteiger partial charge in [0.1, 0.15) is 16.8 Å². The fourth-order valence-corrected chi connectivity index (χ4v) is 3.14. The van der Waals surface area contributed by atoms with Gasteiger partial charge in [-0.05, 0) is 30.3 Å². The van der Waals surface area contributed by atoms with Crippen LogP contribution in [0.4, 0.5) is 0 Å². The van der Waals surface area contributed by atoms with Crippen LogP contribution >= 0.6 is 11.6 Å². The Kier molecular flexibility index (Phi) is 2.52. The molecule has 0 saturated heterocycles. The molecule has 0 aliphatic rings. The van der Waals surface area contributed by atoms with E-state index in [0.717, 1.165) is 38.8 Å². The highest BCUT2D eigenvalue weighted by molar-refractivity contribution is 6.31. The Morgan fingerprint density at radius 2 is 1.74 bits per heavy atom. The van der Waals surface area contributed by atoms with Crippen molar-refractivity contribution in [3.05, 3.63) is 65.7 Å². The standard InChI is InChI=1S/C18H10ClN3O/c19-12-6-8-15-13(10-12)18-16(23-15)9-7-14-17(20-21-22(14)18)11-4-2-1-3-5-11/h1-10H. The molecule has 0 aliphatic heterocycles. The number of benzene rings is 2. The van der Waals surface area contributed by atoms with Crippen LogP contribution in [-0.4, -0.2) is 14.8 Å². The predicted octanol–water partition coefficient (Wildman–Crippen LogP) is 4.95. The van der Waals surface area contributed by atoms with Gasteiger partial charge in [-0.3, -0.25) is 0 Å². The highest BCUT2D eigenvalue weighted by Crippen LogP contribution is 2.33. The molecule has 4 nitrogen and oxygen atoms in total. The Labute approximate surface area is 135 Å². The summed E-state index contributed by atoms with van der Waals surface area (Å²) in [6.07, 6.45) is 0. The van der Waals surface area contributed by atoms with Crippen molar-refractivity contribution < 1.29 is 4.42 Å². The Morgan fingerprint density at radius 1 is 0.913 bits per heavy atom. The first-order valence-electron chi connectivity index (χ1n) is 7.23. The molecule has 2 aromatic carbocycles. The summed E-state index contributed by atoms with van der Waals surface area (Å²) in [7, 11) is 0. The van der Waals surface area contributed by atoms with E-state index in [1.54, 1.807) is 0 Å². The van der Waals surface area contributed by atoms with Crippen LogP contribution in [0.2, 0.25) is 5.02 Å². The molecule has 110 valence electrons. The summed E-state index contributed by atoms with van der Waals surface area (Å²) in [4.78, 5) is 0. The number of pyridine rings is 1. The molecular formula is C18H10ClN3O. The molecule has 23 heavy (non-hydrogen) atoms. The van der Waals surface area contributed by atoms with Crippen LogP contribution in [0.3, 0.4) is 0 Å². The molecule has 0 bridgehead atoms. The third-order valence-corrected chi connectivity index (χ3v) is 4.24. The predicted molar refractivity (Wildman–Crippen MR) is 90.7 cm³/mol. The van der Waals surface area contributed by atoms with Gasteiger partial charge in [0.25, 0.3) is 0 Å².